The van der Waals surface area contributed by atoms with Gasteiger partial charge in [-0.1, -0.05) is 18.5 Å². The highest BCUT2D eigenvalue weighted by Crippen LogP contribution is 2.39. The van der Waals surface area contributed by atoms with Crippen molar-refractivity contribution in [2.75, 3.05) is 4.72 Å². The third-order valence-electron chi connectivity index (χ3n) is 2.95. The molecule has 0 atom stereocenters. The molecule has 0 saturated carbocycles. The summed E-state index contributed by atoms with van der Waals surface area (Å²) in [6.07, 6.45) is -4.10. The van der Waals surface area contributed by atoms with E-state index in [-0.39, 0.29) is 9.90 Å². The molecule has 2 N–H and O–H groups in total. The monoisotopic (exact) mass is 381 g/mol. The molecule has 0 aliphatic carbocycles. The number of anilines is 1. The molecule has 0 fully saturated rings. The number of hydrogen-bond acceptors (Lipinski definition) is 4. The molecule has 1 aromatic carbocycles. The normalized spacial score (nSPS) is 11.5. The van der Waals surface area contributed by atoms with Crippen molar-refractivity contribution < 1.29 is 23.1 Å². The molecule has 3 nitrogen and oxygen atoms in total. The van der Waals surface area contributed by atoms with Gasteiger partial charge >= 0.3 is 12.1 Å². The molecule has 23 heavy (non-hydrogen) atoms. The highest BCUT2D eigenvalue weighted by atomic mass is 35.5. The van der Waals surface area contributed by atoms with Gasteiger partial charge in [0.05, 0.1) is 21.2 Å². The zero-order chi connectivity index (χ0) is 17.2. The number of thiophene rings is 1. The third kappa shape index (κ3) is 4.13. The molecule has 0 spiro atoms. The van der Waals surface area contributed by atoms with Crippen molar-refractivity contribution in [3.8, 4) is 0 Å². The summed E-state index contributed by atoms with van der Waals surface area (Å²) in [7, 11) is 0. The first-order valence-electron chi connectivity index (χ1n) is 6.37. The van der Waals surface area contributed by atoms with E-state index in [2.05, 4.69) is 4.72 Å². The number of rotatable bonds is 5. The Hall–Kier alpha value is -1.38. The lowest BCUT2D eigenvalue weighted by Crippen LogP contribution is -2.07. The van der Waals surface area contributed by atoms with E-state index >= 15 is 0 Å². The van der Waals surface area contributed by atoms with E-state index in [1.54, 1.807) is 18.4 Å². The fourth-order valence-electron chi connectivity index (χ4n) is 1.85. The Morgan fingerprint density at radius 3 is 2.70 bits per heavy atom. The van der Waals surface area contributed by atoms with E-state index in [1.807, 2.05) is 0 Å². The summed E-state index contributed by atoms with van der Waals surface area (Å²) in [5.41, 5.74) is 0.0189. The summed E-state index contributed by atoms with van der Waals surface area (Å²) in [6, 6.07) is 3.52. The van der Waals surface area contributed by atoms with E-state index in [0.29, 0.717) is 22.6 Å². The van der Waals surface area contributed by atoms with E-state index in [4.69, 9.17) is 16.7 Å². The molecule has 0 unspecified atom stereocenters. The zero-order valence-corrected chi connectivity index (χ0v) is 14.1. The van der Waals surface area contributed by atoms with Crippen LogP contribution >= 0.6 is 34.9 Å². The second kappa shape index (κ2) is 7.02. The Labute approximate surface area is 143 Å². The van der Waals surface area contributed by atoms with Gasteiger partial charge in [-0.05, 0) is 47.5 Å². The maximum absolute atomic E-state index is 12.8. The van der Waals surface area contributed by atoms with Gasteiger partial charge in [-0.3, -0.25) is 0 Å². The van der Waals surface area contributed by atoms with Crippen LogP contribution in [0.3, 0.4) is 0 Å². The number of aromatic carboxylic acids is 1. The van der Waals surface area contributed by atoms with Crippen molar-refractivity contribution in [3.63, 3.8) is 0 Å². The van der Waals surface area contributed by atoms with Crippen LogP contribution < -0.4 is 4.72 Å². The molecule has 2 rings (SSSR count). The molecule has 1 aromatic heterocycles. The van der Waals surface area contributed by atoms with Crippen molar-refractivity contribution in [1.29, 1.82) is 0 Å². The van der Waals surface area contributed by atoms with Crippen molar-refractivity contribution in [2.24, 2.45) is 0 Å². The fraction of sp³-hybridized carbons (Fsp3) is 0.214. The van der Waals surface area contributed by atoms with Crippen LogP contribution in [-0.2, 0) is 12.6 Å². The van der Waals surface area contributed by atoms with Crippen molar-refractivity contribution in [3.05, 3.63) is 44.6 Å². The molecule has 0 radical (unpaired) electrons. The van der Waals surface area contributed by atoms with Gasteiger partial charge in [-0.2, -0.15) is 13.2 Å². The molecule has 0 aliphatic heterocycles. The van der Waals surface area contributed by atoms with Crippen molar-refractivity contribution in [1.82, 2.24) is 0 Å². The molecule has 0 saturated heterocycles. The van der Waals surface area contributed by atoms with Gasteiger partial charge in [0.1, 0.15) is 4.88 Å². The van der Waals surface area contributed by atoms with Gasteiger partial charge in [0.25, 0.3) is 0 Å². The highest BCUT2D eigenvalue weighted by Gasteiger charge is 2.32. The number of alkyl halides is 3. The number of aryl methyl sites for hydroxylation is 1. The minimum Gasteiger partial charge on any atom is -0.477 e. The second-order valence-electron chi connectivity index (χ2n) is 4.47. The van der Waals surface area contributed by atoms with Crippen molar-refractivity contribution >= 4 is 46.5 Å². The highest BCUT2D eigenvalue weighted by molar-refractivity contribution is 8.00. The Balaban J connectivity index is 2.29. The number of carboxylic acid groups (broad SMARTS) is 1. The number of carbonyl (C=O) groups is 1. The minimum absolute atomic E-state index is 0.0266. The van der Waals surface area contributed by atoms with Gasteiger partial charge in [0, 0.05) is 0 Å². The first-order chi connectivity index (χ1) is 10.7. The first kappa shape index (κ1) is 18.0. The molecule has 0 aliphatic rings. The summed E-state index contributed by atoms with van der Waals surface area (Å²) in [5.74, 6) is -1.07. The molecule has 1 heterocycles. The lowest BCUT2D eigenvalue weighted by atomic mass is 10.1. The predicted octanol–water partition coefficient (Wildman–Crippen LogP) is 5.80. The average molecular weight is 382 g/mol. The molecule has 0 amide bonds. The summed E-state index contributed by atoms with van der Waals surface area (Å²) in [4.78, 5) is 11.6. The van der Waals surface area contributed by atoms with Crippen LogP contribution in [0.5, 0.6) is 0 Å². The molecule has 124 valence electrons. The number of halogens is 4. The van der Waals surface area contributed by atoms with Crippen molar-refractivity contribution in [2.45, 2.75) is 24.4 Å². The summed E-state index contributed by atoms with van der Waals surface area (Å²) < 4.78 is 41.3. The smallest absolute Gasteiger partial charge is 0.416 e. The average Bonchev–Trinajstić information content (AvgIpc) is 2.92. The topological polar surface area (TPSA) is 49.3 Å². The molecule has 0 bridgehead atoms. The lowest BCUT2D eigenvalue weighted by molar-refractivity contribution is -0.137. The van der Waals surface area contributed by atoms with Crippen LogP contribution in [0, 0.1) is 0 Å². The quantitative estimate of drug-likeness (QED) is 0.642. The van der Waals surface area contributed by atoms with Gasteiger partial charge < -0.3 is 9.83 Å². The maximum atomic E-state index is 12.8. The Morgan fingerprint density at radius 2 is 2.13 bits per heavy atom. The molecular weight excluding hydrogens is 371 g/mol. The second-order valence-corrected chi connectivity index (χ2v) is 6.61. The number of hydrogen-bond donors (Lipinski definition) is 2. The Bertz CT molecular complexity index is 731. The standard InChI is InChI=1S/C14H11ClF3NO2S2/c1-2-7-5-8(14(16,17)18)6-9(15)11(7)23-19-10-3-4-22-12(10)13(20)21/h3-6,19H,2H2,1H3,(H,20,21). The fourth-order valence-corrected chi connectivity index (χ4v) is 3.83. The van der Waals surface area contributed by atoms with E-state index < -0.39 is 17.7 Å². The van der Waals surface area contributed by atoms with Crippen LogP contribution in [0.4, 0.5) is 18.9 Å². The molecular formula is C14H11ClF3NO2S2. The first-order valence-corrected chi connectivity index (χ1v) is 8.44. The largest absolute Gasteiger partial charge is 0.477 e. The van der Waals surface area contributed by atoms with Gasteiger partial charge in [0.2, 0.25) is 0 Å². The summed E-state index contributed by atoms with van der Waals surface area (Å²) in [6.45, 7) is 1.73. The summed E-state index contributed by atoms with van der Waals surface area (Å²) in [5, 5.41) is 10.6. The van der Waals surface area contributed by atoms with Crippen LogP contribution in [0.25, 0.3) is 0 Å². The number of carboxylic acids is 1. The number of benzene rings is 1. The van der Waals surface area contributed by atoms with E-state index in [0.717, 1.165) is 35.4 Å². The van der Waals surface area contributed by atoms with E-state index in [9.17, 15) is 18.0 Å². The molecule has 9 heteroatoms. The van der Waals surface area contributed by atoms with Crippen LogP contribution in [-0.4, -0.2) is 11.1 Å². The summed E-state index contributed by atoms with van der Waals surface area (Å²) >= 11 is 8.04. The van der Waals surface area contributed by atoms with Gasteiger partial charge in [-0.25, -0.2) is 4.79 Å². The maximum Gasteiger partial charge on any atom is 0.416 e. The predicted molar refractivity (Wildman–Crippen MR) is 86.6 cm³/mol. The van der Waals surface area contributed by atoms with Crippen LogP contribution in [0.15, 0.2) is 28.5 Å². The van der Waals surface area contributed by atoms with Gasteiger partial charge in [0.15, 0.2) is 0 Å². The lowest BCUT2D eigenvalue weighted by Gasteiger charge is -2.15. The van der Waals surface area contributed by atoms with Crippen LogP contribution in [0.2, 0.25) is 5.02 Å². The van der Waals surface area contributed by atoms with Crippen LogP contribution in [0.1, 0.15) is 27.7 Å². The number of nitrogens with one attached hydrogen (secondary N) is 1. The molecule has 2 aromatic rings. The Morgan fingerprint density at radius 1 is 1.43 bits per heavy atom. The Kier molecular flexibility index (Phi) is 5.49. The third-order valence-corrected chi connectivity index (χ3v) is 5.27. The van der Waals surface area contributed by atoms with Gasteiger partial charge in [-0.15, -0.1) is 11.3 Å². The SMILES string of the molecule is CCc1cc(C(F)(F)F)cc(Cl)c1SNc1ccsc1C(=O)O. The van der Waals surface area contributed by atoms with E-state index in [1.165, 1.54) is 0 Å². The zero-order valence-electron chi connectivity index (χ0n) is 11.7. The minimum atomic E-state index is -4.46.